The second-order valence-electron chi connectivity index (χ2n) is 23.4. The van der Waals surface area contributed by atoms with Crippen molar-refractivity contribution < 1.29 is 63.0 Å². The molecule has 1 aliphatic heterocycles. The lowest BCUT2D eigenvalue weighted by Crippen LogP contribution is -2.63. The number of carbonyl (C=O) groups excluding carboxylic acids is 11. The SMILES string of the molecule is C[C@@H](O)[C@@H]1NC(=O)[C@H](CCCCN)NC(=O)[C@@H](Cc2c[nH]c3ccccc23)NC(=O)[C@H](Cc2ccc(O)cc2)NC(=O)[C@H](Cc2ccccc2)N(C)C(=O)[C@H](CCSCC(=O)NC[C@H](N)C(=O)N[C@@H](CCCCN)C(=O)N[C@@H](CS)C(=O)N[C@@H](CCCCN)C(N)=O)NC1=O. The van der Waals surface area contributed by atoms with Crippen molar-refractivity contribution in [1.29, 1.82) is 0 Å². The van der Waals surface area contributed by atoms with E-state index in [0.717, 1.165) is 27.6 Å². The van der Waals surface area contributed by atoms with Gasteiger partial charge in [-0.1, -0.05) is 60.7 Å². The molecule has 0 saturated carbocycles. The standard InChI is InChI=1S/C64H94N16O13S2/c1-37(81)54-63(92)75-48(25-29-95-36-53(83)71-34-43(68)56(85)73-46(19-9-12-27-66)57(86)78-51(35-94)61(90)72-45(55(69)84)18-8-11-26-65)64(93)80(2)52(31-38-14-4-3-5-15-38)62(91)77-49(30-39-21-23-41(82)24-22-39)59(88)76-50(32-40-33-70-44-17-7-6-16-42(40)44)60(89)74-47(58(87)79-54)20-10-13-28-67/h3-7,14-17,21-24,33,37,43,45-52,54,70,81-82,94H,8-13,18-20,25-32,34-36,65-68H2,1-2H3,(H2,69,84)(H,71,83)(H,72,90)(H,73,85)(H,74,89)(H,75,92)(H,76,88)(H,77,91)(H,78,86)(H,79,87)/t37-,43+,45+,46+,47+,48+,49+,50-,51+,52+,54+/m1/s1. The zero-order valence-corrected chi connectivity index (χ0v) is 55.4. The highest BCUT2D eigenvalue weighted by Gasteiger charge is 2.39. The van der Waals surface area contributed by atoms with Crippen LogP contribution in [0.1, 0.15) is 87.8 Å². The molecule has 0 bridgehead atoms. The topological polar surface area (TPSA) is 486 Å². The maximum absolute atomic E-state index is 15.1. The Bertz CT molecular complexity index is 3200. The number of rotatable bonds is 34. The molecule has 0 radical (unpaired) electrons. The lowest BCUT2D eigenvalue weighted by molar-refractivity contribution is -0.143. The quantitative estimate of drug-likeness (QED) is 0.0168. The van der Waals surface area contributed by atoms with Crippen LogP contribution in [0.2, 0.25) is 0 Å². The molecule has 29 nitrogen and oxygen atoms in total. The maximum atomic E-state index is 15.1. The molecule has 0 aliphatic carbocycles. The number of nitrogens with one attached hydrogen (secondary N) is 10. The number of aromatic hydroxyl groups is 1. The molecule has 1 aliphatic rings. The molecule has 0 unspecified atom stereocenters. The van der Waals surface area contributed by atoms with Gasteiger partial charge in [0.15, 0.2) is 0 Å². The van der Waals surface area contributed by atoms with Crippen LogP contribution < -0.4 is 76.5 Å². The first-order valence-corrected chi connectivity index (χ1v) is 33.6. The molecule has 11 amide bonds. The fourth-order valence-corrected chi connectivity index (χ4v) is 11.6. The number of H-pyrrole nitrogens is 1. The zero-order valence-electron chi connectivity index (χ0n) is 53.7. The number of unbranched alkanes of at least 4 members (excludes halogenated alkanes) is 3. The lowest BCUT2D eigenvalue weighted by Gasteiger charge is -2.33. The number of phenols is 1. The van der Waals surface area contributed by atoms with Crippen molar-refractivity contribution in [3.05, 3.63) is 102 Å². The Morgan fingerprint density at radius 3 is 1.81 bits per heavy atom. The summed E-state index contributed by atoms with van der Waals surface area (Å²) < 4.78 is 0. The summed E-state index contributed by atoms with van der Waals surface area (Å²) in [5.41, 5.74) is 31.3. The first-order valence-electron chi connectivity index (χ1n) is 31.8. The third kappa shape index (κ3) is 25.1. The molecule has 1 aromatic heterocycles. The van der Waals surface area contributed by atoms with E-state index in [1.165, 1.54) is 26.1 Å². The van der Waals surface area contributed by atoms with Crippen LogP contribution in [0.5, 0.6) is 5.75 Å². The highest BCUT2D eigenvalue weighted by Crippen LogP contribution is 2.21. The number of para-hydroxylation sites is 1. The van der Waals surface area contributed by atoms with Gasteiger partial charge in [-0.25, -0.2) is 0 Å². The number of amides is 11. The highest BCUT2D eigenvalue weighted by molar-refractivity contribution is 7.99. The van der Waals surface area contributed by atoms with Crippen molar-refractivity contribution in [3.8, 4) is 5.75 Å². The summed E-state index contributed by atoms with van der Waals surface area (Å²) in [7, 11) is 1.34. The molecule has 0 spiro atoms. The first-order chi connectivity index (χ1) is 45.5. The van der Waals surface area contributed by atoms with E-state index in [0.29, 0.717) is 61.8 Å². The number of aliphatic hydroxyl groups excluding tert-OH is 1. The van der Waals surface area contributed by atoms with Gasteiger partial charge in [0.1, 0.15) is 66.2 Å². The number of thiol groups is 1. The van der Waals surface area contributed by atoms with Crippen LogP contribution in [0, 0.1) is 0 Å². The normalized spacial score (nSPS) is 20.0. The molecule has 3 aromatic carbocycles. The summed E-state index contributed by atoms with van der Waals surface area (Å²) in [5.74, 6) is -9.34. The highest BCUT2D eigenvalue weighted by atomic mass is 32.2. The molecule has 4 aromatic rings. The number of thioether (sulfide) groups is 1. The van der Waals surface area contributed by atoms with Gasteiger partial charge < -0.3 is 96.6 Å². The number of carbonyl (C=O) groups is 11. The van der Waals surface area contributed by atoms with E-state index in [-0.39, 0.29) is 81.0 Å². The predicted molar refractivity (Wildman–Crippen MR) is 362 cm³/mol. The van der Waals surface area contributed by atoms with Crippen molar-refractivity contribution in [1.82, 2.24) is 57.7 Å². The average molecular weight is 1360 g/mol. The first kappa shape index (κ1) is 77.4. The molecule has 5 rings (SSSR count). The summed E-state index contributed by atoms with van der Waals surface area (Å²) in [6.07, 6.45) is 2.55. The average Bonchev–Trinajstić information content (AvgIpc) is 1.80. The van der Waals surface area contributed by atoms with Crippen molar-refractivity contribution in [2.45, 2.75) is 157 Å². The number of primary amides is 1. The van der Waals surface area contributed by atoms with Crippen LogP contribution in [-0.4, -0.2) is 202 Å². The summed E-state index contributed by atoms with van der Waals surface area (Å²) in [6.45, 7) is 1.74. The van der Waals surface area contributed by atoms with Gasteiger partial charge >= 0.3 is 0 Å². The molecular formula is C64H94N16O13S2. The van der Waals surface area contributed by atoms with E-state index in [1.807, 2.05) is 24.3 Å². The number of aromatic amines is 1. The van der Waals surface area contributed by atoms with Crippen LogP contribution in [0.3, 0.4) is 0 Å². The number of nitrogens with zero attached hydrogens (tertiary/aromatic N) is 1. The summed E-state index contributed by atoms with van der Waals surface area (Å²) in [6, 6.07) is 8.24. The van der Waals surface area contributed by atoms with Gasteiger partial charge in [0, 0.05) is 55.7 Å². The second-order valence-corrected chi connectivity index (χ2v) is 24.9. The Kier molecular flexibility index (Phi) is 32.7. The molecule has 22 N–H and O–H groups in total. The number of hydrogen-bond donors (Lipinski definition) is 18. The fourth-order valence-electron chi connectivity index (χ4n) is 10.5. The van der Waals surface area contributed by atoms with Gasteiger partial charge in [0.2, 0.25) is 65.0 Å². The summed E-state index contributed by atoms with van der Waals surface area (Å²) in [4.78, 5) is 159. The third-order valence-electron chi connectivity index (χ3n) is 16.0. The largest absolute Gasteiger partial charge is 0.508 e. The minimum atomic E-state index is -1.73. The number of nitrogens with two attached hydrogens (primary N) is 5. The van der Waals surface area contributed by atoms with Gasteiger partial charge in [-0.05, 0) is 131 Å². The van der Waals surface area contributed by atoms with Crippen LogP contribution >= 0.6 is 24.4 Å². The number of aliphatic hydroxyl groups is 1. The molecule has 31 heteroatoms. The summed E-state index contributed by atoms with van der Waals surface area (Å²) >= 11 is 5.23. The van der Waals surface area contributed by atoms with E-state index < -0.39 is 138 Å². The van der Waals surface area contributed by atoms with Crippen LogP contribution in [-0.2, 0) is 72.0 Å². The van der Waals surface area contributed by atoms with Gasteiger partial charge in [-0.15, -0.1) is 0 Å². The van der Waals surface area contributed by atoms with E-state index in [9.17, 15) is 53.4 Å². The third-order valence-corrected chi connectivity index (χ3v) is 17.4. The van der Waals surface area contributed by atoms with Crippen LogP contribution in [0.4, 0.5) is 0 Å². The number of phenolic OH excluding ortho intramolecular Hbond substituents is 1. The number of benzene rings is 3. The predicted octanol–water partition coefficient (Wildman–Crippen LogP) is -2.63. The second kappa shape index (κ2) is 40.2. The smallest absolute Gasteiger partial charge is 0.245 e. The molecule has 1 fully saturated rings. The molecule has 520 valence electrons. The number of fused-ring (bicyclic) bond motifs is 1. The summed E-state index contributed by atoms with van der Waals surface area (Å²) in [5, 5.41) is 46.0. The zero-order chi connectivity index (χ0) is 69.6. The van der Waals surface area contributed by atoms with E-state index >= 15 is 9.59 Å². The van der Waals surface area contributed by atoms with E-state index in [1.54, 1.807) is 48.7 Å². The molecule has 95 heavy (non-hydrogen) atoms. The Morgan fingerprint density at radius 1 is 0.621 bits per heavy atom. The van der Waals surface area contributed by atoms with Crippen molar-refractivity contribution >= 4 is 100 Å². The minimum Gasteiger partial charge on any atom is -0.508 e. The van der Waals surface area contributed by atoms with Crippen molar-refractivity contribution in [2.75, 3.05) is 50.5 Å². The fraction of sp³-hybridized carbons (Fsp3) is 0.516. The molecule has 11 atom stereocenters. The van der Waals surface area contributed by atoms with Crippen molar-refractivity contribution in [2.24, 2.45) is 28.7 Å². The van der Waals surface area contributed by atoms with Crippen molar-refractivity contribution in [3.63, 3.8) is 0 Å². The Labute approximate surface area is 562 Å². The minimum absolute atomic E-state index is 0.00344. The van der Waals surface area contributed by atoms with Crippen LogP contribution in [0.25, 0.3) is 10.9 Å². The maximum Gasteiger partial charge on any atom is 0.245 e. The Balaban J connectivity index is 1.39. The molecule has 2 heterocycles. The van der Waals surface area contributed by atoms with E-state index in [4.69, 9.17) is 28.7 Å². The van der Waals surface area contributed by atoms with Gasteiger partial charge in [-0.3, -0.25) is 52.7 Å². The number of hydrogen-bond acceptors (Lipinski definition) is 19. The Morgan fingerprint density at radius 2 is 1.17 bits per heavy atom. The molecular weight excluding hydrogens is 1260 g/mol. The number of likely N-dealkylation sites (N-methyl/N-ethyl adjacent to an activating group) is 1. The van der Waals surface area contributed by atoms with E-state index in [2.05, 4.69) is 65.5 Å². The van der Waals surface area contributed by atoms with Gasteiger partial charge in [0.05, 0.1) is 11.9 Å². The van der Waals surface area contributed by atoms with Gasteiger partial charge in [-0.2, -0.15) is 24.4 Å². The Hall–Kier alpha value is -8.33. The monoisotopic (exact) mass is 1360 g/mol. The van der Waals surface area contributed by atoms with Crippen LogP contribution in [0.15, 0.2) is 85.1 Å². The lowest BCUT2D eigenvalue weighted by atomic mass is 9.99. The number of aromatic nitrogens is 1. The van der Waals surface area contributed by atoms with Gasteiger partial charge in [0.25, 0.3) is 0 Å². The molecule has 1 saturated heterocycles.